The average Bonchev–Trinajstić information content (AvgIpc) is 2.51. The van der Waals surface area contributed by atoms with Gasteiger partial charge in [-0.3, -0.25) is 4.79 Å². The number of benzene rings is 2. The molecule has 5 nitrogen and oxygen atoms in total. The Morgan fingerprint density at radius 3 is 2.38 bits per heavy atom. The molecule has 0 fully saturated rings. The second-order valence-electron chi connectivity index (χ2n) is 4.67. The number of carbonyl (C=O) groups excluding carboxylic acids is 1. The summed E-state index contributed by atoms with van der Waals surface area (Å²) in [6.07, 6.45) is 0.103. The number of anilines is 1. The van der Waals surface area contributed by atoms with Crippen LogP contribution in [-0.2, 0) is 0 Å². The molecule has 2 aromatic rings. The van der Waals surface area contributed by atoms with Crippen molar-refractivity contribution in [3.05, 3.63) is 55.4 Å². The first-order valence-electron chi connectivity index (χ1n) is 6.71. The molecule has 0 aliphatic rings. The van der Waals surface area contributed by atoms with E-state index in [1.807, 2.05) is 12.1 Å². The molecule has 0 spiro atoms. The standard InChI is InChI=1S/C15H13Br3NO4P/c16-9-1-3-11(4-2-9)19-15(20)12-7-10(17)8-13(18)14(12)23-5-6-24(21)22/h1-4,7-8,21-22H,5-6H2,(H,19,20). The average molecular weight is 542 g/mol. The topological polar surface area (TPSA) is 78.8 Å². The molecule has 0 radical (unpaired) electrons. The van der Waals surface area contributed by atoms with Gasteiger partial charge >= 0.3 is 0 Å². The minimum absolute atomic E-state index is 0.0947. The SMILES string of the molecule is O=C(Nc1ccc(Br)cc1)c1cc(Br)cc(Br)c1OCCP(O)O. The Labute approximate surface area is 165 Å². The first-order valence-corrected chi connectivity index (χ1v) is 10.5. The van der Waals surface area contributed by atoms with Crippen LogP contribution in [0.2, 0.25) is 0 Å². The van der Waals surface area contributed by atoms with Gasteiger partial charge in [0.2, 0.25) is 0 Å². The second kappa shape index (κ2) is 9.27. The Morgan fingerprint density at radius 1 is 1.08 bits per heavy atom. The largest absolute Gasteiger partial charge is 0.491 e. The quantitative estimate of drug-likeness (QED) is 0.455. The summed E-state index contributed by atoms with van der Waals surface area (Å²) in [5.74, 6) is 0.0224. The molecule has 2 rings (SSSR count). The van der Waals surface area contributed by atoms with E-state index in [1.165, 1.54) is 0 Å². The fourth-order valence-corrected chi connectivity index (χ4v) is 3.70. The predicted molar refractivity (Wildman–Crippen MR) is 106 cm³/mol. The highest BCUT2D eigenvalue weighted by atomic mass is 79.9. The van der Waals surface area contributed by atoms with Crippen molar-refractivity contribution in [1.82, 2.24) is 0 Å². The minimum atomic E-state index is -2.04. The molecule has 9 heteroatoms. The first-order chi connectivity index (χ1) is 11.4. The van der Waals surface area contributed by atoms with E-state index in [4.69, 9.17) is 14.5 Å². The molecule has 24 heavy (non-hydrogen) atoms. The number of halogens is 3. The van der Waals surface area contributed by atoms with Gasteiger partial charge in [0.15, 0.2) is 8.38 Å². The van der Waals surface area contributed by atoms with E-state index in [0.717, 1.165) is 4.47 Å². The lowest BCUT2D eigenvalue weighted by Gasteiger charge is -2.14. The van der Waals surface area contributed by atoms with Crippen molar-refractivity contribution in [2.45, 2.75) is 0 Å². The summed E-state index contributed by atoms with van der Waals surface area (Å²) in [4.78, 5) is 30.5. The molecule has 1 amide bonds. The summed E-state index contributed by atoms with van der Waals surface area (Å²) < 4.78 is 7.80. The van der Waals surface area contributed by atoms with E-state index >= 15 is 0 Å². The van der Waals surface area contributed by atoms with Gasteiger partial charge in [-0.25, -0.2) is 0 Å². The number of carbonyl (C=O) groups is 1. The van der Waals surface area contributed by atoms with Gasteiger partial charge in [-0.05, 0) is 52.3 Å². The molecule has 0 heterocycles. The van der Waals surface area contributed by atoms with E-state index < -0.39 is 8.38 Å². The van der Waals surface area contributed by atoms with Crippen LogP contribution in [0.3, 0.4) is 0 Å². The Bertz CT molecular complexity index is 725. The molecule has 2 aromatic carbocycles. The van der Waals surface area contributed by atoms with Crippen LogP contribution in [0.4, 0.5) is 5.69 Å². The number of nitrogens with one attached hydrogen (secondary N) is 1. The van der Waals surface area contributed by atoms with Crippen LogP contribution in [0.15, 0.2) is 49.8 Å². The van der Waals surface area contributed by atoms with Crippen molar-refractivity contribution in [3.63, 3.8) is 0 Å². The van der Waals surface area contributed by atoms with Crippen LogP contribution in [0.5, 0.6) is 5.75 Å². The Hall–Kier alpha value is -0.500. The van der Waals surface area contributed by atoms with Gasteiger partial charge in [-0.2, -0.15) is 0 Å². The lowest BCUT2D eigenvalue weighted by Crippen LogP contribution is -2.15. The zero-order valence-electron chi connectivity index (χ0n) is 12.2. The third-order valence-corrected chi connectivity index (χ3v) is 5.05. The van der Waals surface area contributed by atoms with Crippen molar-refractivity contribution >= 4 is 67.8 Å². The van der Waals surface area contributed by atoms with Crippen LogP contribution in [-0.4, -0.2) is 28.5 Å². The number of hydrogen-bond acceptors (Lipinski definition) is 4. The fourth-order valence-electron chi connectivity index (χ4n) is 1.84. The molecule has 0 atom stereocenters. The molecular weight excluding hydrogens is 529 g/mol. The molecule has 0 aliphatic carbocycles. The van der Waals surface area contributed by atoms with Crippen LogP contribution in [0, 0.1) is 0 Å². The maximum atomic E-state index is 12.6. The van der Waals surface area contributed by atoms with Crippen LogP contribution in [0.25, 0.3) is 0 Å². The lowest BCUT2D eigenvalue weighted by molar-refractivity contribution is 0.102. The van der Waals surface area contributed by atoms with Crippen LogP contribution < -0.4 is 10.1 Å². The fraction of sp³-hybridized carbons (Fsp3) is 0.133. The van der Waals surface area contributed by atoms with Crippen molar-refractivity contribution in [3.8, 4) is 5.75 Å². The summed E-state index contributed by atoms with van der Waals surface area (Å²) in [7, 11) is -2.04. The van der Waals surface area contributed by atoms with E-state index in [-0.39, 0.29) is 18.7 Å². The maximum absolute atomic E-state index is 12.6. The molecule has 0 saturated heterocycles. The summed E-state index contributed by atoms with van der Waals surface area (Å²) >= 11 is 10.1. The number of rotatable bonds is 6. The summed E-state index contributed by atoms with van der Waals surface area (Å²) in [6, 6.07) is 10.6. The smallest absolute Gasteiger partial charge is 0.259 e. The van der Waals surface area contributed by atoms with Crippen LogP contribution in [0.1, 0.15) is 10.4 Å². The van der Waals surface area contributed by atoms with E-state index in [9.17, 15) is 4.79 Å². The second-order valence-corrected chi connectivity index (χ2v) is 8.55. The minimum Gasteiger partial charge on any atom is -0.491 e. The molecule has 0 aliphatic heterocycles. The predicted octanol–water partition coefficient (Wildman–Crippen LogP) is 4.90. The monoisotopic (exact) mass is 539 g/mol. The van der Waals surface area contributed by atoms with Crippen molar-refractivity contribution in [2.75, 3.05) is 18.1 Å². The Kier molecular flexibility index (Phi) is 7.65. The Balaban J connectivity index is 2.23. The van der Waals surface area contributed by atoms with Crippen LogP contribution >= 0.6 is 56.2 Å². The van der Waals surface area contributed by atoms with Gasteiger partial charge in [0.1, 0.15) is 5.75 Å². The summed E-state index contributed by atoms with van der Waals surface area (Å²) in [5.41, 5.74) is 0.985. The normalized spacial score (nSPS) is 10.8. The first kappa shape index (κ1) is 19.8. The molecule has 0 aromatic heterocycles. The van der Waals surface area contributed by atoms with Crippen molar-refractivity contribution < 1.29 is 19.3 Å². The summed E-state index contributed by atoms with van der Waals surface area (Å²) in [6.45, 7) is 0.0947. The number of amides is 1. The highest BCUT2D eigenvalue weighted by molar-refractivity contribution is 9.11. The van der Waals surface area contributed by atoms with Gasteiger partial charge in [-0.15, -0.1) is 0 Å². The van der Waals surface area contributed by atoms with Crippen molar-refractivity contribution in [2.24, 2.45) is 0 Å². The zero-order chi connectivity index (χ0) is 17.7. The third-order valence-electron chi connectivity index (χ3n) is 2.89. The number of hydrogen-bond donors (Lipinski definition) is 3. The molecule has 3 N–H and O–H groups in total. The molecular formula is C15H13Br3NO4P. The zero-order valence-corrected chi connectivity index (χ0v) is 17.8. The van der Waals surface area contributed by atoms with Gasteiger partial charge in [0.25, 0.3) is 5.91 Å². The highest BCUT2D eigenvalue weighted by Gasteiger charge is 2.18. The van der Waals surface area contributed by atoms with E-state index in [1.54, 1.807) is 24.3 Å². The molecule has 128 valence electrons. The molecule has 0 bridgehead atoms. The summed E-state index contributed by atoms with van der Waals surface area (Å²) in [5, 5.41) is 2.80. The third kappa shape index (κ3) is 5.79. The molecule has 0 saturated carbocycles. The number of ether oxygens (including phenoxy) is 1. The van der Waals surface area contributed by atoms with Gasteiger partial charge < -0.3 is 19.8 Å². The van der Waals surface area contributed by atoms with E-state index in [0.29, 0.717) is 25.9 Å². The molecule has 0 unspecified atom stereocenters. The highest BCUT2D eigenvalue weighted by Crippen LogP contribution is 2.34. The van der Waals surface area contributed by atoms with Crippen molar-refractivity contribution in [1.29, 1.82) is 0 Å². The van der Waals surface area contributed by atoms with E-state index in [2.05, 4.69) is 53.1 Å². The van der Waals surface area contributed by atoms with Gasteiger partial charge in [-0.1, -0.05) is 31.9 Å². The van der Waals surface area contributed by atoms with Gasteiger partial charge in [0.05, 0.1) is 22.8 Å². The Morgan fingerprint density at radius 2 is 1.75 bits per heavy atom. The maximum Gasteiger partial charge on any atom is 0.259 e. The van der Waals surface area contributed by atoms with Gasteiger partial charge in [0, 0.05) is 14.6 Å². The lowest BCUT2D eigenvalue weighted by atomic mass is 10.2.